The van der Waals surface area contributed by atoms with Crippen molar-refractivity contribution in [2.24, 2.45) is 0 Å². The smallest absolute Gasteiger partial charge is 0.253 e. The Morgan fingerprint density at radius 3 is 2.54 bits per heavy atom. The first-order chi connectivity index (χ1) is 11.6. The minimum atomic E-state index is 0.0978. The third-order valence-corrected chi connectivity index (χ3v) is 5.66. The van der Waals surface area contributed by atoms with Crippen molar-refractivity contribution in [2.75, 3.05) is 20.1 Å². The minimum Gasteiger partial charge on any atom is -0.337 e. The van der Waals surface area contributed by atoms with E-state index in [1.165, 1.54) is 10.5 Å². The van der Waals surface area contributed by atoms with E-state index >= 15 is 0 Å². The molecule has 1 unspecified atom stereocenters. The van der Waals surface area contributed by atoms with E-state index in [-0.39, 0.29) is 5.91 Å². The maximum Gasteiger partial charge on any atom is 0.253 e. The number of carbonyl (C=O) groups is 1. The SMILES string of the molecule is CN(C(=O)c1ccc(CSc2ccc(Cl)cc2)cc1)C1CCNC1. The van der Waals surface area contributed by atoms with E-state index in [0.29, 0.717) is 6.04 Å². The van der Waals surface area contributed by atoms with Crippen molar-refractivity contribution in [2.45, 2.75) is 23.1 Å². The number of likely N-dealkylation sites (N-methyl/N-ethyl adjacent to an activating group) is 1. The number of benzene rings is 2. The van der Waals surface area contributed by atoms with E-state index in [1.807, 2.05) is 60.5 Å². The topological polar surface area (TPSA) is 32.3 Å². The second-order valence-corrected chi connectivity index (χ2v) is 7.49. The lowest BCUT2D eigenvalue weighted by atomic mass is 10.1. The van der Waals surface area contributed by atoms with Crippen LogP contribution in [-0.2, 0) is 5.75 Å². The summed E-state index contributed by atoms with van der Waals surface area (Å²) in [6.07, 6.45) is 1.03. The third-order valence-electron chi connectivity index (χ3n) is 4.32. The molecule has 1 N–H and O–H groups in total. The molecular weight excluding hydrogens is 340 g/mol. The van der Waals surface area contributed by atoms with Crippen LogP contribution in [0.3, 0.4) is 0 Å². The molecule has 1 amide bonds. The molecule has 1 fully saturated rings. The Morgan fingerprint density at radius 1 is 1.21 bits per heavy atom. The molecule has 2 aromatic carbocycles. The molecular formula is C19H21ClN2OS. The summed E-state index contributed by atoms with van der Waals surface area (Å²) in [5.74, 6) is 0.971. The van der Waals surface area contributed by atoms with Gasteiger partial charge in [-0.25, -0.2) is 0 Å². The van der Waals surface area contributed by atoms with Gasteiger partial charge in [-0.1, -0.05) is 23.7 Å². The van der Waals surface area contributed by atoms with Gasteiger partial charge in [0.25, 0.3) is 5.91 Å². The van der Waals surface area contributed by atoms with E-state index in [2.05, 4.69) is 5.32 Å². The second-order valence-electron chi connectivity index (χ2n) is 6.00. The van der Waals surface area contributed by atoms with Gasteiger partial charge in [-0.15, -0.1) is 11.8 Å². The van der Waals surface area contributed by atoms with Crippen molar-refractivity contribution in [3.63, 3.8) is 0 Å². The van der Waals surface area contributed by atoms with Gasteiger partial charge < -0.3 is 10.2 Å². The van der Waals surface area contributed by atoms with Crippen LogP contribution in [0.1, 0.15) is 22.3 Å². The van der Waals surface area contributed by atoms with Gasteiger partial charge in [0.05, 0.1) is 0 Å². The van der Waals surface area contributed by atoms with E-state index in [9.17, 15) is 4.79 Å². The molecule has 0 saturated carbocycles. The third kappa shape index (κ3) is 4.32. The van der Waals surface area contributed by atoms with Gasteiger partial charge in [0.1, 0.15) is 0 Å². The fourth-order valence-electron chi connectivity index (χ4n) is 2.78. The summed E-state index contributed by atoms with van der Waals surface area (Å²) in [6, 6.07) is 16.1. The number of carbonyl (C=O) groups excluding carboxylic acids is 1. The molecule has 3 rings (SSSR count). The lowest BCUT2D eigenvalue weighted by molar-refractivity contribution is 0.0744. The average Bonchev–Trinajstić information content (AvgIpc) is 3.15. The van der Waals surface area contributed by atoms with E-state index in [4.69, 9.17) is 11.6 Å². The summed E-state index contributed by atoms with van der Waals surface area (Å²) in [4.78, 5) is 15.6. The summed E-state index contributed by atoms with van der Waals surface area (Å²) in [6.45, 7) is 1.88. The maximum atomic E-state index is 12.5. The highest BCUT2D eigenvalue weighted by atomic mass is 35.5. The molecule has 0 bridgehead atoms. The van der Waals surface area contributed by atoms with E-state index in [0.717, 1.165) is 35.8 Å². The fourth-order valence-corrected chi connectivity index (χ4v) is 3.76. The maximum absolute atomic E-state index is 12.5. The summed E-state index contributed by atoms with van der Waals surface area (Å²) >= 11 is 7.66. The number of rotatable bonds is 5. The predicted molar refractivity (Wildman–Crippen MR) is 101 cm³/mol. The molecule has 2 aromatic rings. The summed E-state index contributed by atoms with van der Waals surface area (Å²) in [7, 11) is 1.89. The van der Waals surface area contributed by atoms with Crippen molar-refractivity contribution < 1.29 is 4.79 Å². The number of nitrogens with zero attached hydrogens (tertiary/aromatic N) is 1. The highest BCUT2D eigenvalue weighted by Crippen LogP contribution is 2.24. The van der Waals surface area contributed by atoms with Crippen molar-refractivity contribution >= 4 is 29.3 Å². The number of hydrogen-bond donors (Lipinski definition) is 1. The van der Waals surface area contributed by atoms with Gasteiger partial charge >= 0.3 is 0 Å². The van der Waals surface area contributed by atoms with Crippen LogP contribution in [0.15, 0.2) is 53.4 Å². The van der Waals surface area contributed by atoms with Crippen LogP contribution in [-0.4, -0.2) is 37.0 Å². The standard InChI is InChI=1S/C19H21ClN2OS/c1-22(17-10-11-21-12-17)19(23)15-4-2-14(3-5-15)13-24-18-8-6-16(20)7-9-18/h2-9,17,21H,10-13H2,1H3. The van der Waals surface area contributed by atoms with Crippen LogP contribution in [0.25, 0.3) is 0 Å². The zero-order valence-corrected chi connectivity index (χ0v) is 15.2. The number of hydrogen-bond acceptors (Lipinski definition) is 3. The van der Waals surface area contributed by atoms with Crippen LogP contribution in [0, 0.1) is 0 Å². The van der Waals surface area contributed by atoms with Gasteiger partial charge in [-0.3, -0.25) is 4.79 Å². The van der Waals surface area contributed by atoms with Gasteiger partial charge in [0, 0.05) is 40.9 Å². The van der Waals surface area contributed by atoms with Crippen molar-refractivity contribution in [3.05, 3.63) is 64.7 Å². The van der Waals surface area contributed by atoms with Crippen LogP contribution in [0.4, 0.5) is 0 Å². The lowest BCUT2D eigenvalue weighted by Gasteiger charge is -2.23. The molecule has 0 spiro atoms. The average molecular weight is 361 g/mol. The minimum absolute atomic E-state index is 0.0978. The summed E-state index contributed by atoms with van der Waals surface area (Å²) < 4.78 is 0. The van der Waals surface area contributed by atoms with Crippen molar-refractivity contribution in [1.29, 1.82) is 0 Å². The summed E-state index contributed by atoms with van der Waals surface area (Å²) in [5.41, 5.74) is 1.96. The zero-order chi connectivity index (χ0) is 16.9. The highest BCUT2D eigenvalue weighted by Gasteiger charge is 2.23. The van der Waals surface area contributed by atoms with Gasteiger partial charge in [0.15, 0.2) is 0 Å². The number of nitrogens with one attached hydrogen (secondary N) is 1. The predicted octanol–water partition coefficient (Wildman–Crippen LogP) is 4.07. The second kappa shape index (κ2) is 8.06. The molecule has 3 nitrogen and oxygen atoms in total. The summed E-state index contributed by atoms with van der Waals surface area (Å²) in [5, 5.41) is 4.05. The molecule has 5 heteroatoms. The normalized spacial score (nSPS) is 17.0. The lowest BCUT2D eigenvalue weighted by Crippen LogP contribution is -2.38. The Kier molecular flexibility index (Phi) is 5.82. The molecule has 0 aliphatic carbocycles. The Balaban J connectivity index is 1.58. The van der Waals surface area contributed by atoms with Crippen molar-refractivity contribution in [3.8, 4) is 0 Å². The number of thioether (sulfide) groups is 1. The molecule has 24 heavy (non-hydrogen) atoms. The zero-order valence-electron chi connectivity index (χ0n) is 13.7. The molecule has 1 saturated heterocycles. The Morgan fingerprint density at radius 2 is 1.92 bits per heavy atom. The van der Waals surface area contributed by atoms with Crippen LogP contribution in [0.2, 0.25) is 5.02 Å². The van der Waals surface area contributed by atoms with Crippen LogP contribution >= 0.6 is 23.4 Å². The van der Waals surface area contributed by atoms with E-state index in [1.54, 1.807) is 11.8 Å². The molecule has 1 aliphatic rings. The monoisotopic (exact) mass is 360 g/mol. The molecule has 1 heterocycles. The first kappa shape index (κ1) is 17.3. The van der Waals surface area contributed by atoms with Crippen molar-refractivity contribution in [1.82, 2.24) is 10.2 Å². The quantitative estimate of drug-likeness (QED) is 0.816. The molecule has 0 aromatic heterocycles. The fraction of sp³-hybridized carbons (Fsp3) is 0.316. The first-order valence-electron chi connectivity index (χ1n) is 8.08. The van der Waals surface area contributed by atoms with Crippen LogP contribution in [0.5, 0.6) is 0 Å². The highest BCUT2D eigenvalue weighted by molar-refractivity contribution is 7.98. The Hall–Kier alpha value is -1.49. The Bertz CT molecular complexity index is 682. The molecule has 126 valence electrons. The van der Waals surface area contributed by atoms with Gasteiger partial charge in [-0.2, -0.15) is 0 Å². The van der Waals surface area contributed by atoms with Crippen LogP contribution < -0.4 is 5.32 Å². The molecule has 1 aliphatic heterocycles. The van der Waals surface area contributed by atoms with Gasteiger partial charge in [-0.05, 0) is 54.9 Å². The number of amides is 1. The van der Waals surface area contributed by atoms with Gasteiger partial charge in [0.2, 0.25) is 0 Å². The molecule has 0 radical (unpaired) electrons. The first-order valence-corrected chi connectivity index (χ1v) is 9.45. The molecule has 1 atom stereocenters. The number of halogens is 1. The largest absolute Gasteiger partial charge is 0.337 e. The van der Waals surface area contributed by atoms with E-state index < -0.39 is 0 Å². The Labute approximate surface area is 152 Å².